The second-order valence-corrected chi connectivity index (χ2v) is 5.09. The van der Waals surface area contributed by atoms with Crippen LogP contribution in [-0.4, -0.2) is 21.7 Å². The summed E-state index contributed by atoms with van der Waals surface area (Å²) < 4.78 is 5.94. The molecule has 1 N–H and O–H groups in total. The van der Waals surface area contributed by atoms with E-state index in [1.54, 1.807) is 6.20 Å². The highest BCUT2D eigenvalue weighted by Crippen LogP contribution is 2.28. The van der Waals surface area contributed by atoms with Gasteiger partial charge in [-0.15, -0.1) is 0 Å². The highest BCUT2D eigenvalue weighted by Gasteiger charge is 2.22. The van der Waals surface area contributed by atoms with Gasteiger partial charge in [0, 0.05) is 18.0 Å². The van der Waals surface area contributed by atoms with E-state index in [0.717, 1.165) is 10.9 Å². The molecule has 0 fully saturated rings. The molecule has 0 aliphatic rings. The summed E-state index contributed by atoms with van der Waals surface area (Å²) in [6.45, 7) is 3.77. The maximum Gasteiger partial charge on any atom is 0.303 e. The predicted octanol–water partition coefficient (Wildman–Crippen LogP) is 3.26. The second kappa shape index (κ2) is 5.26. The summed E-state index contributed by atoms with van der Waals surface area (Å²) in [5.41, 5.74) is 0.262. The van der Waals surface area contributed by atoms with Gasteiger partial charge in [0.25, 0.3) is 0 Å². The van der Waals surface area contributed by atoms with E-state index in [9.17, 15) is 4.79 Å². The molecule has 0 saturated carbocycles. The standard InChI is InChI=1S/C15H17NO3/c1-15(2,9-8-13(17)18)19-12-7-3-5-11-6-4-10-16-14(11)12/h3-7,10H,8-9H2,1-2H3,(H,17,18). The number of ether oxygens (including phenoxy) is 1. The van der Waals surface area contributed by atoms with Crippen molar-refractivity contribution >= 4 is 16.9 Å². The maximum atomic E-state index is 10.6. The monoisotopic (exact) mass is 259 g/mol. The number of rotatable bonds is 5. The van der Waals surface area contributed by atoms with Crippen LogP contribution in [0.2, 0.25) is 0 Å². The number of aromatic nitrogens is 1. The van der Waals surface area contributed by atoms with Crippen molar-refractivity contribution in [2.75, 3.05) is 0 Å². The zero-order valence-electron chi connectivity index (χ0n) is 11.1. The number of fused-ring (bicyclic) bond motifs is 1. The van der Waals surface area contributed by atoms with Gasteiger partial charge in [0.15, 0.2) is 0 Å². The van der Waals surface area contributed by atoms with E-state index in [4.69, 9.17) is 9.84 Å². The Morgan fingerprint density at radius 2 is 2.05 bits per heavy atom. The van der Waals surface area contributed by atoms with Crippen LogP contribution in [0, 0.1) is 0 Å². The summed E-state index contributed by atoms with van der Waals surface area (Å²) in [6.07, 6.45) is 2.26. The molecule has 4 nitrogen and oxygen atoms in total. The fourth-order valence-corrected chi connectivity index (χ4v) is 1.92. The largest absolute Gasteiger partial charge is 0.486 e. The van der Waals surface area contributed by atoms with Gasteiger partial charge in [-0.05, 0) is 32.4 Å². The van der Waals surface area contributed by atoms with Crippen LogP contribution in [-0.2, 0) is 4.79 Å². The predicted molar refractivity (Wildman–Crippen MR) is 73.3 cm³/mol. The van der Waals surface area contributed by atoms with Gasteiger partial charge in [-0.25, -0.2) is 0 Å². The van der Waals surface area contributed by atoms with Crippen molar-refractivity contribution in [3.63, 3.8) is 0 Å². The van der Waals surface area contributed by atoms with Crippen LogP contribution in [0.15, 0.2) is 36.5 Å². The lowest BCUT2D eigenvalue weighted by Gasteiger charge is -2.26. The molecule has 19 heavy (non-hydrogen) atoms. The van der Waals surface area contributed by atoms with Crippen LogP contribution in [0.3, 0.4) is 0 Å². The third kappa shape index (κ3) is 3.44. The Kier molecular flexibility index (Phi) is 3.69. The molecule has 0 amide bonds. The molecule has 0 radical (unpaired) electrons. The normalized spacial score (nSPS) is 11.5. The number of nitrogens with zero attached hydrogens (tertiary/aromatic N) is 1. The van der Waals surface area contributed by atoms with Crippen LogP contribution in [0.4, 0.5) is 0 Å². The van der Waals surface area contributed by atoms with Crippen molar-refractivity contribution in [2.24, 2.45) is 0 Å². The van der Waals surface area contributed by atoms with Crippen LogP contribution in [0.5, 0.6) is 5.75 Å². The first-order valence-electron chi connectivity index (χ1n) is 6.22. The van der Waals surface area contributed by atoms with Gasteiger partial charge < -0.3 is 9.84 Å². The number of para-hydroxylation sites is 1. The molecule has 0 spiro atoms. The van der Waals surface area contributed by atoms with E-state index in [2.05, 4.69) is 4.98 Å². The van der Waals surface area contributed by atoms with Crippen LogP contribution in [0.25, 0.3) is 10.9 Å². The molecule has 0 bridgehead atoms. The molecule has 0 aliphatic heterocycles. The summed E-state index contributed by atoms with van der Waals surface area (Å²) in [5.74, 6) is -0.124. The van der Waals surface area contributed by atoms with Crippen LogP contribution in [0.1, 0.15) is 26.7 Å². The van der Waals surface area contributed by atoms with Gasteiger partial charge in [-0.1, -0.05) is 18.2 Å². The lowest BCUT2D eigenvalue weighted by molar-refractivity contribution is -0.138. The third-order valence-electron chi connectivity index (χ3n) is 2.92. The summed E-state index contributed by atoms with van der Waals surface area (Å²) in [7, 11) is 0. The molecular formula is C15H17NO3. The van der Waals surface area contributed by atoms with E-state index >= 15 is 0 Å². The summed E-state index contributed by atoms with van der Waals surface area (Å²) in [4.78, 5) is 15.0. The Balaban J connectivity index is 2.23. The number of hydrogen-bond donors (Lipinski definition) is 1. The van der Waals surface area contributed by atoms with Gasteiger partial charge in [0.2, 0.25) is 0 Å². The lowest BCUT2D eigenvalue weighted by atomic mass is 10.0. The Bertz CT molecular complexity index is 587. The minimum Gasteiger partial charge on any atom is -0.486 e. The Morgan fingerprint density at radius 3 is 2.79 bits per heavy atom. The number of benzene rings is 1. The molecule has 0 saturated heterocycles. The van der Waals surface area contributed by atoms with Gasteiger partial charge >= 0.3 is 5.97 Å². The Hall–Kier alpha value is -2.10. The first kappa shape index (κ1) is 13.3. The first-order chi connectivity index (χ1) is 8.98. The van der Waals surface area contributed by atoms with Crippen LogP contribution >= 0.6 is 0 Å². The van der Waals surface area contributed by atoms with Crippen molar-refractivity contribution < 1.29 is 14.6 Å². The number of pyridine rings is 1. The molecule has 1 heterocycles. The molecule has 4 heteroatoms. The number of carboxylic acid groups (broad SMARTS) is 1. The van der Waals surface area contributed by atoms with E-state index in [1.165, 1.54) is 0 Å². The highest BCUT2D eigenvalue weighted by molar-refractivity contribution is 5.84. The highest BCUT2D eigenvalue weighted by atomic mass is 16.5. The zero-order chi connectivity index (χ0) is 13.9. The molecule has 0 atom stereocenters. The van der Waals surface area contributed by atoms with Crippen molar-refractivity contribution in [1.29, 1.82) is 0 Å². The zero-order valence-corrected chi connectivity index (χ0v) is 11.1. The van der Waals surface area contributed by atoms with Gasteiger partial charge in [0.1, 0.15) is 16.9 Å². The van der Waals surface area contributed by atoms with E-state index in [-0.39, 0.29) is 6.42 Å². The van der Waals surface area contributed by atoms with Crippen molar-refractivity contribution in [1.82, 2.24) is 4.98 Å². The minimum atomic E-state index is -0.812. The molecule has 100 valence electrons. The molecular weight excluding hydrogens is 242 g/mol. The molecule has 2 aromatic rings. The number of carboxylic acids is 1. The molecule has 0 unspecified atom stereocenters. The summed E-state index contributed by atoms with van der Waals surface area (Å²) in [6, 6.07) is 9.59. The minimum absolute atomic E-state index is 0.0885. The molecule has 0 aliphatic carbocycles. The number of carbonyl (C=O) groups is 1. The van der Waals surface area contributed by atoms with Gasteiger partial charge in [0.05, 0.1) is 0 Å². The fraction of sp³-hybridized carbons (Fsp3) is 0.333. The quantitative estimate of drug-likeness (QED) is 0.895. The average molecular weight is 259 g/mol. The topological polar surface area (TPSA) is 59.4 Å². The van der Waals surface area contributed by atoms with Crippen molar-refractivity contribution in [3.8, 4) is 5.75 Å². The lowest BCUT2D eigenvalue weighted by Crippen LogP contribution is -2.29. The SMILES string of the molecule is CC(C)(CCC(=O)O)Oc1cccc2cccnc12. The Morgan fingerprint density at radius 1 is 1.32 bits per heavy atom. The Labute approximate surface area is 112 Å². The van der Waals surface area contributed by atoms with E-state index in [1.807, 2.05) is 44.2 Å². The van der Waals surface area contributed by atoms with Gasteiger partial charge in [-0.3, -0.25) is 9.78 Å². The third-order valence-corrected chi connectivity index (χ3v) is 2.92. The fourth-order valence-electron chi connectivity index (χ4n) is 1.92. The molecule has 1 aromatic heterocycles. The van der Waals surface area contributed by atoms with E-state index in [0.29, 0.717) is 12.2 Å². The van der Waals surface area contributed by atoms with E-state index < -0.39 is 11.6 Å². The van der Waals surface area contributed by atoms with Crippen molar-refractivity contribution in [3.05, 3.63) is 36.5 Å². The second-order valence-electron chi connectivity index (χ2n) is 5.09. The number of hydrogen-bond acceptors (Lipinski definition) is 3. The first-order valence-corrected chi connectivity index (χ1v) is 6.22. The molecule has 2 rings (SSSR count). The van der Waals surface area contributed by atoms with Crippen molar-refractivity contribution in [2.45, 2.75) is 32.3 Å². The summed E-state index contributed by atoms with van der Waals surface area (Å²) >= 11 is 0. The maximum absolute atomic E-state index is 10.6. The smallest absolute Gasteiger partial charge is 0.303 e. The summed E-state index contributed by atoms with van der Waals surface area (Å²) in [5, 5.41) is 9.76. The molecule has 1 aromatic carbocycles. The van der Waals surface area contributed by atoms with Gasteiger partial charge in [-0.2, -0.15) is 0 Å². The average Bonchev–Trinajstić information content (AvgIpc) is 2.37. The number of aliphatic carboxylic acids is 1. The van der Waals surface area contributed by atoms with Crippen LogP contribution < -0.4 is 4.74 Å².